The lowest BCUT2D eigenvalue weighted by atomic mass is 9.32. The first-order valence-corrected chi connectivity index (χ1v) is 30.8. The van der Waals surface area contributed by atoms with E-state index in [0.29, 0.717) is 38.5 Å². The zero-order chi connectivity index (χ0) is 62.7. The van der Waals surface area contributed by atoms with Crippen LogP contribution in [0.1, 0.15) is 106 Å². The number of carbonyl (C=O) groups is 1. The molecule has 0 spiro atoms. The third-order valence-corrected chi connectivity index (χ3v) is 23.7. The van der Waals surface area contributed by atoms with Gasteiger partial charge in [-0.1, -0.05) is 39.8 Å². The van der Waals surface area contributed by atoms with Gasteiger partial charge in [0.1, 0.15) is 110 Å². The van der Waals surface area contributed by atoms with Gasteiger partial charge in [-0.3, -0.25) is 4.79 Å². The number of hydrogen-bond donors (Lipinski definition) is 16. The van der Waals surface area contributed by atoms with Crippen molar-refractivity contribution in [2.45, 2.75) is 259 Å². The summed E-state index contributed by atoms with van der Waals surface area (Å²) in [6.07, 6.45) is -33.0. The molecule has 5 aliphatic heterocycles. The normalized spacial score (nSPS) is 55.7. The summed E-state index contributed by atoms with van der Waals surface area (Å²) in [5.74, 6) is -0.807. The Bertz CT molecular complexity index is 2360. The van der Waals surface area contributed by atoms with Gasteiger partial charge in [-0.15, -0.1) is 0 Å². The smallest absolute Gasteiger partial charge is 0.314 e. The first-order valence-electron chi connectivity index (χ1n) is 30.8. The number of allylic oxidation sites excluding steroid dienone is 1. The van der Waals surface area contributed by atoms with E-state index in [1.165, 1.54) is 6.92 Å². The van der Waals surface area contributed by atoms with Crippen LogP contribution in [0.4, 0.5) is 0 Å². The highest BCUT2D eigenvalue weighted by atomic mass is 16.8. The average molecular weight is 1240 g/mol. The van der Waals surface area contributed by atoms with Gasteiger partial charge in [0, 0.05) is 5.41 Å². The maximum atomic E-state index is 15.2. The van der Waals surface area contributed by atoms with Gasteiger partial charge in [-0.2, -0.15) is 0 Å². The molecule has 5 aliphatic carbocycles. The minimum Gasteiger partial charge on any atom is -0.432 e. The summed E-state index contributed by atoms with van der Waals surface area (Å²) in [5, 5.41) is 173. The fourth-order valence-corrected chi connectivity index (χ4v) is 18.5. The monoisotopic (exact) mass is 1240 g/mol. The zero-order valence-electron chi connectivity index (χ0n) is 49.8. The molecule has 0 aromatic heterocycles. The second-order valence-electron chi connectivity index (χ2n) is 28.0. The fraction of sp³-hybridized carbons (Fsp3) is 0.949. The molecular weight excluding hydrogens is 1140 g/mol. The van der Waals surface area contributed by atoms with Crippen LogP contribution in [0.15, 0.2) is 12.2 Å². The molecule has 27 heteroatoms. The second kappa shape index (κ2) is 25.3. The number of hydrogen-bond acceptors (Lipinski definition) is 27. The molecule has 10 rings (SSSR count). The number of rotatable bonds is 15. The topological polar surface area (TPSA) is 433 Å². The predicted molar refractivity (Wildman–Crippen MR) is 289 cm³/mol. The van der Waals surface area contributed by atoms with Gasteiger partial charge in [0.15, 0.2) is 25.2 Å². The summed E-state index contributed by atoms with van der Waals surface area (Å²) in [7, 11) is 0. The summed E-state index contributed by atoms with van der Waals surface area (Å²) in [5.41, 5.74) is -1.85. The molecule has 0 aromatic carbocycles. The highest BCUT2D eigenvalue weighted by Gasteiger charge is 2.73. The standard InChI is InChI=1S/C59H96O27/c1-23(2)25-10-15-59(54(76)86-53-44(73)40(69)37(66)30(82-53)21-78-49-45(74)41(70)48(29(19-61)81-49)85-51-42(71)38(67)35(64)24(3)79-51)17-16-57(6)26(34(25)59)8-9-32-55(4)13-12-33(56(5,22-62)31(55)11-14-58(32,57)7)83-50-46(75)47(27(63)20-77-50)84-52-43(72)39(68)36(65)28(18-60)80-52/h24-53,60-75H,1,8-22H2,2-7H3/t24-,25-,26+,27-,28+,29+,30+,31+,32+,33-,34+,35-,36+,37+,38+,39-,40-,41+,42+,43+,44+,45+,46+,47-,48+,49+,50-,51-,52-,53-,55-,56-,57+,58+,59-/m0/s1. The van der Waals surface area contributed by atoms with Crippen LogP contribution in [0.2, 0.25) is 0 Å². The fourth-order valence-electron chi connectivity index (χ4n) is 18.5. The van der Waals surface area contributed by atoms with Crippen LogP contribution in [0.5, 0.6) is 0 Å². The van der Waals surface area contributed by atoms with Crippen molar-refractivity contribution in [3.05, 3.63) is 12.2 Å². The van der Waals surface area contributed by atoms with Gasteiger partial charge in [0.2, 0.25) is 6.29 Å². The van der Waals surface area contributed by atoms with E-state index in [9.17, 15) is 81.7 Å². The molecule has 5 saturated carbocycles. The van der Waals surface area contributed by atoms with E-state index < -0.39 is 190 Å². The third kappa shape index (κ3) is 11.0. The van der Waals surface area contributed by atoms with Crippen LogP contribution >= 0.6 is 0 Å². The maximum Gasteiger partial charge on any atom is 0.314 e. The van der Waals surface area contributed by atoms with Crippen LogP contribution in [0, 0.1) is 56.7 Å². The third-order valence-electron chi connectivity index (χ3n) is 23.7. The van der Waals surface area contributed by atoms with Crippen molar-refractivity contribution in [2.75, 3.05) is 33.0 Å². The Kier molecular flexibility index (Phi) is 19.7. The summed E-state index contributed by atoms with van der Waals surface area (Å²) in [4.78, 5) is 15.2. The quantitative estimate of drug-likeness (QED) is 0.0426. The van der Waals surface area contributed by atoms with Gasteiger partial charge in [0.25, 0.3) is 0 Å². The molecule has 10 aliphatic rings. The number of carbonyl (C=O) groups excluding carboxylic acids is 1. The molecule has 0 bridgehead atoms. The summed E-state index contributed by atoms with van der Waals surface area (Å²) >= 11 is 0. The van der Waals surface area contributed by atoms with Crippen molar-refractivity contribution < 1.29 is 134 Å². The van der Waals surface area contributed by atoms with Crippen molar-refractivity contribution in [3.8, 4) is 0 Å². The second-order valence-corrected chi connectivity index (χ2v) is 28.0. The Hall–Kier alpha value is -1.79. The lowest BCUT2D eigenvalue weighted by Gasteiger charge is -2.73. The lowest BCUT2D eigenvalue weighted by molar-refractivity contribution is -0.361. The van der Waals surface area contributed by atoms with Crippen molar-refractivity contribution in [2.24, 2.45) is 56.7 Å². The molecule has 27 nitrogen and oxygen atoms in total. The van der Waals surface area contributed by atoms with Crippen LogP contribution in [-0.4, -0.2) is 274 Å². The van der Waals surface area contributed by atoms with Gasteiger partial charge >= 0.3 is 5.97 Å². The van der Waals surface area contributed by atoms with Gasteiger partial charge < -0.3 is 129 Å². The van der Waals surface area contributed by atoms with Crippen molar-refractivity contribution >= 4 is 5.97 Å². The van der Waals surface area contributed by atoms with E-state index in [-0.39, 0.29) is 59.0 Å². The van der Waals surface area contributed by atoms with E-state index in [0.717, 1.165) is 31.3 Å². The minimum absolute atomic E-state index is 0.0100. The Morgan fingerprint density at radius 2 is 1.13 bits per heavy atom. The van der Waals surface area contributed by atoms with Crippen LogP contribution in [0.3, 0.4) is 0 Å². The largest absolute Gasteiger partial charge is 0.432 e. The Balaban J connectivity index is 0.809. The molecule has 0 unspecified atom stereocenters. The summed E-state index contributed by atoms with van der Waals surface area (Å²) < 4.78 is 58.8. The molecule has 0 aromatic rings. The van der Waals surface area contributed by atoms with E-state index in [1.807, 2.05) is 13.8 Å². The molecule has 10 fully saturated rings. The maximum absolute atomic E-state index is 15.2. The van der Waals surface area contributed by atoms with Gasteiger partial charge in [-0.25, -0.2) is 0 Å². The van der Waals surface area contributed by atoms with Crippen molar-refractivity contribution in [3.63, 3.8) is 0 Å². The Morgan fingerprint density at radius 1 is 0.535 bits per heavy atom. The number of esters is 1. The summed E-state index contributed by atoms with van der Waals surface area (Å²) in [6, 6.07) is 0. The highest BCUT2D eigenvalue weighted by molar-refractivity contribution is 5.78. The predicted octanol–water partition coefficient (Wildman–Crippen LogP) is -3.72. The van der Waals surface area contributed by atoms with E-state index in [1.54, 1.807) is 0 Å². The minimum atomic E-state index is -1.91. The number of ether oxygens (including phenoxy) is 10. The molecule has 35 atom stereocenters. The Morgan fingerprint density at radius 3 is 1.78 bits per heavy atom. The van der Waals surface area contributed by atoms with Crippen LogP contribution in [-0.2, 0) is 52.2 Å². The van der Waals surface area contributed by atoms with E-state index in [4.69, 9.17) is 47.4 Å². The average Bonchev–Trinajstić information content (AvgIpc) is 1.00. The lowest BCUT2D eigenvalue weighted by Crippen LogP contribution is -2.68. The van der Waals surface area contributed by atoms with Crippen molar-refractivity contribution in [1.82, 2.24) is 0 Å². The molecule has 0 radical (unpaired) electrons. The first kappa shape index (κ1) is 67.1. The van der Waals surface area contributed by atoms with Crippen LogP contribution < -0.4 is 0 Å². The Labute approximate surface area is 499 Å². The van der Waals surface area contributed by atoms with Crippen molar-refractivity contribution in [1.29, 1.82) is 0 Å². The number of aliphatic hydroxyl groups is 16. The number of aliphatic hydroxyl groups excluding tert-OH is 16. The molecule has 5 heterocycles. The van der Waals surface area contributed by atoms with Gasteiger partial charge in [-0.05, 0) is 124 Å². The SMILES string of the molecule is C=C(C)[C@@H]1CC[C@]2(C(=O)O[C@@H]3O[C@H](CO[C@@H]4O[C@H](CO)[C@@H](O[C@@H]5O[C@@H](C)[C@H](O)[C@@H](O)[C@H]5O)[C@H](O)[C@H]4O)[C@@H](O)[C@H](O)[C@H]3O)CC[C@]3(C)[C@H](CC[C@@H]4[C@@]5(C)CC[C@H](O[C@@H]6OC[C@H](O)[C@H](O[C@@H]7O[C@H](CO)[C@@H](O)[C@H](O)[C@H]7O)[C@H]6O)[C@@](C)(CO)[C@@H]5CC[C@]43C)[C@@H]12. The summed E-state index contributed by atoms with van der Waals surface area (Å²) in [6.45, 7) is 14.2. The molecule has 16 N–H and O–H groups in total. The molecule has 5 saturated heterocycles. The molecule has 86 heavy (non-hydrogen) atoms. The zero-order valence-corrected chi connectivity index (χ0v) is 49.8. The highest BCUT2D eigenvalue weighted by Crippen LogP contribution is 2.78. The number of fused-ring (bicyclic) bond motifs is 7. The van der Waals surface area contributed by atoms with E-state index in [2.05, 4.69) is 27.4 Å². The molecular formula is C59H96O27. The molecule has 494 valence electrons. The molecule has 0 amide bonds. The van der Waals surface area contributed by atoms with Crippen LogP contribution in [0.25, 0.3) is 0 Å². The first-order chi connectivity index (χ1) is 40.5. The van der Waals surface area contributed by atoms with E-state index >= 15 is 4.79 Å². The van der Waals surface area contributed by atoms with Gasteiger partial charge in [0.05, 0.1) is 50.7 Å².